The molecule has 0 bridgehead atoms. The van der Waals surface area contributed by atoms with Crippen LogP contribution in [0, 0.1) is 6.92 Å². The van der Waals surface area contributed by atoms with Gasteiger partial charge in [0, 0.05) is 17.5 Å². The monoisotopic (exact) mass is 271 g/mol. The van der Waals surface area contributed by atoms with Crippen molar-refractivity contribution in [2.24, 2.45) is 0 Å². The van der Waals surface area contributed by atoms with Gasteiger partial charge in [0.15, 0.2) is 5.69 Å². The molecule has 3 heterocycles. The zero-order chi connectivity index (χ0) is 13.9. The first-order valence-corrected chi connectivity index (χ1v) is 6.84. The normalized spacial score (nSPS) is 16.2. The molecule has 0 aromatic carbocycles. The number of aryl methyl sites for hydroxylation is 1. The van der Waals surface area contributed by atoms with Gasteiger partial charge in [-0.25, -0.2) is 4.68 Å². The summed E-state index contributed by atoms with van der Waals surface area (Å²) in [6, 6.07) is 3.93. The summed E-state index contributed by atoms with van der Waals surface area (Å²) in [6.45, 7) is 3.85. The molecule has 3 rings (SSSR count). The number of nitrogens with zero attached hydrogens (tertiary/aromatic N) is 4. The van der Waals surface area contributed by atoms with Crippen molar-refractivity contribution in [1.82, 2.24) is 25.3 Å². The maximum atomic E-state index is 12.3. The number of aromatic nitrogens is 4. The Bertz CT molecular complexity index is 598. The van der Waals surface area contributed by atoms with Crippen LogP contribution in [0.3, 0.4) is 0 Å². The molecule has 1 saturated heterocycles. The SMILES string of the molecule is Cc1ccc(C(=O)c2cn(C3CCNCC3)nn2)cn1. The van der Waals surface area contributed by atoms with E-state index in [9.17, 15) is 4.79 Å². The van der Waals surface area contributed by atoms with Crippen LogP contribution in [0.25, 0.3) is 0 Å². The quantitative estimate of drug-likeness (QED) is 0.847. The van der Waals surface area contributed by atoms with E-state index in [1.807, 2.05) is 17.7 Å². The molecule has 0 amide bonds. The van der Waals surface area contributed by atoms with Gasteiger partial charge in [-0.2, -0.15) is 0 Å². The molecule has 0 aliphatic carbocycles. The van der Waals surface area contributed by atoms with Gasteiger partial charge >= 0.3 is 0 Å². The molecule has 0 radical (unpaired) electrons. The Hall–Kier alpha value is -2.08. The topological polar surface area (TPSA) is 72.7 Å². The number of rotatable bonds is 3. The van der Waals surface area contributed by atoms with Crippen LogP contribution in [0.5, 0.6) is 0 Å². The molecule has 1 aliphatic rings. The van der Waals surface area contributed by atoms with Crippen molar-refractivity contribution in [2.75, 3.05) is 13.1 Å². The first-order valence-electron chi connectivity index (χ1n) is 6.84. The number of carbonyl (C=O) groups excluding carboxylic acids is 1. The molecule has 1 fully saturated rings. The van der Waals surface area contributed by atoms with Crippen molar-refractivity contribution in [1.29, 1.82) is 0 Å². The predicted octanol–water partition coefficient (Wildman–Crippen LogP) is 1.14. The van der Waals surface area contributed by atoms with Crippen LogP contribution >= 0.6 is 0 Å². The number of ketones is 1. The lowest BCUT2D eigenvalue weighted by atomic mass is 10.1. The van der Waals surface area contributed by atoms with Crippen LogP contribution in [0.15, 0.2) is 24.5 Å². The highest BCUT2D eigenvalue weighted by atomic mass is 16.1. The number of hydrogen-bond donors (Lipinski definition) is 1. The summed E-state index contributed by atoms with van der Waals surface area (Å²) >= 11 is 0. The van der Waals surface area contributed by atoms with Gasteiger partial charge in [0.05, 0.1) is 12.2 Å². The fourth-order valence-electron chi connectivity index (χ4n) is 2.38. The van der Waals surface area contributed by atoms with Crippen LogP contribution < -0.4 is 5.32 Å². The van der Waals surface area contributed by atoms with Crippen LogP contribution in [0.1, 0.15) is 40.6 Å². The fourth-order valence-corrected chi connectivity index (χ4v) is 2.38. The van der Waals surface area contributed by atoms with Crippen LogP contribution in [-0.4, -0.2) is 38.9 Å². The number of piperidine rings is 1. The van der Waals surface area contributed by atoms with Gasteiger partial charge in [-0.3, -0.25) is 9.78 Å². The Balaban J connectivity index is 1.78. The molecule has 1 N–H and O–H groups in total. The highest BCUT2D eigenvalue weighted by Crippen LogP contribution is 2.17. The van der Waals surface area contributed by atoms with Crippen molar-refractivity contribution >= 4 is 5.78 Å². The largest absolute Gasteiger partial charge is 0.317 e. The molecule has 2 aromatic rings. The minimum Gasteiger partial charge on any atom is -0.317 e. The average Bonchev–Trinajstić information content (AvgIpc) is 2.98. The molecule has 6 heteroatoms. The van der Waals surface area contributed by atoms with Gasteiger partial charge in [-0.15, -0.1) is 5.10 Å². The Labute approximate surface area is 117 Å². The van der Waals surface area contributed by atoms with E-state index in [4.69, 9.17) is 0 Å². The van der Waals surface area contributed by atoms with Gasteiger partial charge in [-0.1, -0.05) is 5.21 Å². The van der Waals surface area contributed by atoms with Gasteiger partial charge in [0.2, 0.25) is 5.78 Å². The fraction of sp³-hybridized carbons (Fsp3) is 0.429. The van der Waals surface area contributed by atoms with E-state index in [2.05, 4.69) is 20.6 Å². The van der Waals surface area contributed by atoms with Gasteiger partial charge in [0.1, 0.15) is 0 Å². The van der Waals surface area contributed by atoms with Crippen molar-refractivity contribution in [3.63, 3.8) is 0 Å². The minimum absolute atomic E-state index is 0.127. The van der Waals surface area contributed by atoms with Gasteiger partial charge in [0.25, 0.3) is 0 Å². The molecule has 0 spiro atoms. The summed E-state index contributed by atoms with van der Waals surface area (Å²) in [5.41, 5.74) is 1.82. The second-order valence-corrected chi connectivity index (χ2v) is 5.08. The maximum Gasteiger partial charge on any atom is 0.216 e. The lowest BCUT2D eigenvalue weighted by molar-refractivity contribution is 0.103. The van der Waals surface area contributed by atoms with Crippen molar-refractivity contribution in [3.8, 4) is 0 Å². The maximum absolute atomic E-state index is 12.3. The zero-order valence-electron chi connectivity index (χ0n) is 11.4. The minimum atomic E-state index is -0.127. The average molecular weight is 271 g/mol. The number of hydrogen-bond acceptors (Lipinski definition) is 5. The summed E-state index contributed by atoms with van der Waals surface area (Å²) in [5, 5.41) is 11.4. The van der Waals surface area contributed by atoms with E-state index >= 15 is 0 Å². The Kier molecular flexibility index (Phi) is 3.56. The summed E-state index contributed by atoms with van der Waals surface area (Å²) in [4.78, 5) is 16.4. The van der Waals surface area contributed by atoms with E-state index < -0.39 is 0 Å². The molecule has 104 valence electrons. The lowest BCUT2D eigenvalue weighted by Gasteiger charge is -2.22. The van der Waals surface area contributed by atoms with E-state index in [1.165, 1.54) is 0 Å². The molecule has 0 atom stereocenters. The predicted molar refractivity (Wildman–Crippen MR) is 73.6 cm³/mol. The van der Waals surface area contributed by atoms with Gasteiger partial charge < -0.3 is 5.32 Å². The summed E-state index contributed by atoms with van der Waals surface area (Å²) < 4.78 is 1.82. The highest BCUT2D eigenvalue weighted by molar-refractivity contribution is 6.07. The lowest BCUT2D eigenvalue weighted by Crippen LogP contribution is -2.29. The molecule has 1 aliphatic heterocycles. The third-order valence-electron chi connectivity index (χ3n) is 3.60. The van der Waals surface area contributed by atoms with Crippen molar-refractivity contribution in [2.45, 2.75) is 25.8 Å². The van der Waals surface area contributed by atoms with Crippen LogP contribution in [-0.2, 0) is 0 Å². The van der Waals surface area contributed by atoms with Crippen molar-refractivity contribution < 1.29 is 4.79 Å². The third-order valence-corrected chi connectivity index (χ3v) is 3.60. The van der Waals surface area contributed by atoms with Crippen LogP contribution in [0.4, 0.5) is 0 Å². The summed E-state index contributed by atoms with van der Waals surface area (Å²) in [6.07, 6.45) is 5.37. The highest BCUT2D eigenvalue weighted by Gasteiger charge is 2.19. The molecule has 0 saturated carbocycles. The Morgan fingerprint density at radius 3 is 2.85 bits per heavy atom. The van der Waals surface area contributed by atoms with Crippen molar-refractivity contribution in [3.05, 3.63) is 41.5 Å². The van der Waals surface area contributed by atoms with Gasteiger partial charge in [-0.05, 0) is 45.0 Å². The Morgan fingerprint density at radius 2 is 2.15 bits per heavy atom. The smallest absolute Gasteiger partial charge is 0.216 e. The molecule has 20 heavy (non-hydrogen) atoms. The summed E-state index contributed by atoms with van der Waals surface area (Å²) in [5.74, 6) is -0.127. The third kappa shape index (κ3) is 2.60. The zero-order valence-corrected chi connectivity index (χ0v) is 11.4. The van der Waals surface area contributed by atoms with E-state index in [0.29, 0.717) is 17.3 Å². The number of pyridine rings is 1. The standard InChI is InChI=1S/C14H17N5O/c1-10-2-3-11(8-16-10)14(20)13-9-19(18-17-13)12-4-6-15-7-5-12/h2-3,8-9,12,15H,4-7H2,1H3. The Morgan fingerprint density at radius 1 is 1.35 bits per heavy atom. The molecular formula is C14H17N5O. The van der Waals surface area contributed by atoms with E-state index in [0.717, 1.165) is 31.6 Å². The number of carbonyl (C=O) groups is 1. The first kappa shape index (κ1) is 12.9. The molecular weight excluding hydrogens is 254 g/mol. The van der Waals surface area contributed by atoms with E-state index in [-0.39, 0.29) is 5.78 Å². The molecule has 2 aromatic heterocycles. The second-order valence-electron chi connectivity index (χ2n) is 5.08. The number of nitrogens with one attached hydrogen (secondary N) is 1. The summed E-state index contributed by atoms with van der Waals surface area (Å²) in [7, 11) is 0. The second kappa shape index (κ2) is 5.50. The molecule has 6 nitrogen and oxygen atoms in total. The molecule has 0 unspecified atom stereocenters. The first-order chi connectivity index (χ1) is 9.74. The van der Waals surface area contributed by atoms with Crippen LogP contribution in [0.2, 0.25) is 0 Å². The van der Waals surface area contributed by atoms with E-state index in [1.54, 1.807) is 18.5 Å².